The van der Waals surface area contributed by atoms with Crippen LogP contribution in [0.2, 0.25) is 0 Å². The van der Waals surface area contributed by atoms with Crippen LogP contribution < -0.4 is 15.4 Å². The summed E-state index contributed by atoms with van der Waals surface area (Å²) >= 11 is 0. The van der Waals surface area contributed by atoms with Gasteiger partial charge in [-0.1, -0.05) is 48.5 Å². The zero-order chi connectivity index (χ0) is 19.5. The number of nitrogens with zero attached hydrogens (tertiary/aromatic N) is 1. The summed E-state index contributed by atoms with van der Waals surface area (Å²) < 4.78 is 42.8. The number of aliphatic imine (C=N–C) groups is 1. The van der Waals surface area contributed by atoms with Crippen LogP contribution in [-0.2, 0) is 13.2 Å². The molecule has 0 unspecified atom stereocenters. The molecule has 0 saturated heterocycles. The Morgan fingerprint density at radius 3 is 2.41 bits per heavy atom. The van der Waals surface area contributed by atoms with Gasteiger partial charge in [-0.15, -0.1) is 0 Å². The van der Waals surface area contributed by atoms with Crippen molar-refractivity contribution in [3.05, 3.63) is 65.7 Å². The number of guanidine groups is 1. The van der Waals surface area contributed by atoms with Gasteiger partial charge in [-0.2, -0.15) is 13.2 Å². The molecular formula is C20H24F3N3O. The highest BCUT2D eigenvalue weighted by Gasteiger charge is 2.26. The van der Waals surface area contributed by atoms with Gasteiger partial charge in [0.15, 0.2) is 5.96 Å². The van der Waals surface area contributed by atoms with E-state index in [-0.39, 0.29) is 6.54 Å². The summed E-state index contributed by atoms with van der Waals surface area (Å²) in [7, 11) is 0. The number of halogens is 3. The topological polar surface area (TPSA) is 45.7 Å². The number of ether oxygens (including phenoxy) is 1. The highest BCUT2D eigenvalue weighted by atomic mass is 19.4. The molecular weight excluding hydrogens is 355 g/mol. The van der Waals surface area contributed by atoms with Crippen LogP contribution in [0.15, 0.2) is 59.6 Å². The molecule has 0 radical (unpaired) electrons. The maximum atomic E-state index is 12.3. The SMILES string of the molecule is CCNC(=NCc1ccccc1OCc1ccccc1)NCCC(F)(F)F. The van der Waals surface area contributed by atoms with Crippen molar-refractivity contribution < 1.29 is 17.9 Å². The summed E-state index contributed by atoms with van der Waals surface area (Å²) in [6, 6.07) is 17.3. The van der Waals surface area contributed by atoms with Gasteiger partial charge in [0.05, 0.1) is 13.0 Å². The molecule has 0 spiro atoms. The predicted octanol–water partition coefficient (Wildman–Crippen LogP) is 4.27. The lowest BCUT2D eigenvalue weighted by molar-refractivity contribution is -0.132. The van der Waals surface area contributed by atoms with Crippen LogP contribution in [0.1, 0.15) is 24.5 Å². The Morgan fingerprint density at radius 2 is 1.70 bits per heavy atom. The summed E-state index contributed by atoms with van der Waals surface area (Å²) in [5, 5.41) is 5.65. The summed E-state index contributed by atoms with van der Waals surface area (Å²) in [6.45, 7) is 2.93. The first-order chi connectivity index (χ1) is 13.0. The number of hydrogen-bond acceptors (Lipinski definition) is 2. The first-order valence-electron chi connectivity index (χ1n) is 8.81. The number of nitrogens with one attached hydrogen (secondary N) is 2. The molecule has 0 bridgehead atoms. The van der Waals surface area contributed by atoms with Gasteiger partial charge >= 0.3 is 6.18 Å². The molecule has 2 rings (SSSR count). The second-order valence-electron chi connectivity index (χ2n) is 5.87. The second kappa shape index (κ2) is 10.4. The van der Waals surface area contributed by atoms with Crippen LogP contribution in [0.25, 0.3) is 0 Å². The van der Waals surface area contributed by atoms with Crippen molar-refractivity contribution in [1.82, 2.24) is 10.6 Å². The highest BCUT2D eigenvalue weighted by molar-refractivity contribution is 5.79. The van der Waals surface area contributed by atoms with Crippen molar-refractivity contribution in [3.8, 4) is 5.75 Å². The van der Waals surface area contributed by atoms with Crippen LogP contribution in [0.3, 0.4) is 0 Å². The predicted molar refractivity (Wildman–Crippen MR) is 101 cm³/mol. The van der Waals surface area contributed by atoms with Crippen molar-refractivity contribution in [2.24, 2.45) is 4.99 Å². The smallest absolute Gasteiger partial charge is 0.390 e. The largest absolute Gasteiger partial charge is 0.489 e. The molecule has 7 heteroatoms. The number of alkyl halides is 3. The van der Waals surface area contributed by atoms with E-state index in [1.807, 2.05) is 61.5 Å². The Labute approximate surface area is 157 Å². The van der Waals surface area contributed by atoms with Gasteiger partial charge in [0, 0.05) is 18.7 Å². The van der Waals surface area contributed by atoms with E-state index in [0.29, 0.717) is 31.4 Å². The normalized spacial score (nSPS) is 11.9. The molecule has 0 aromatic heterocycles. The van der Waals surface area contributed by atoms with E-state index in [4.69, 9.17) is 4.74 Å². The minimum Gasteiger partial charge on any atom is -0.489 e. The summed E-state index contributed by atoms with van der Waals surface area (Å²) in [6.07, 6.45) is -5.10. The van der Waals surface area contributed by atoms with Crippen molar-refractivity contribution in [1.29, 1.82) is 0 Å². The molecule has 4 nitrogen and oxygen atoms in total. The molecule has 0 saturated carbocycles. The molecule has 0 aliphatic rings. The van der Waals surface area contributed by atoms with Crippen molar-refractivity contribution >= 4 is 5.96 Å². The molecule has 0 amide bonds. The third kappa shape index (κ3) is 8.02. The van der Waals surface area contributed by atoms with Crippen molar-refractivity contribution in [2.75, 3.05) is 13.1 Å². The highest BCUT2D eigenvalue weighted by Crippen LogP contribution is 2.20. The summed E-state index contributed by atoms with van der Waals surface area (Å²) in [5.74, 6) is 1.05. The Hall–Kier alpha value is -2.70. The van der Waals surface area contributed by atoms with Crippen LogP contribution in [0, 0.1) is 0 Å². The fourth-order valence-corrected chi connectivity index (χ4v) is 2.34. The van der Waals surface area contributed by atoms with Gasteiger partial charge in [-0.3, -0.25) is 0 Å². The quantitative estimate of drug-likeness (QED) is 0.532. The first kappa shape index (κ1) is 20.6. The fraction of sp³-hybridized carbons (Fsp3) is 0.350. The average molecular weight is 379 g/mol. The lowest BCUT2D eigenvalue weighted by Gasteiger charge is -2.14. The van der Waals surface area contributed by atoms with Gasteiger partial charge in [-0.25, -0.2) is 4.99 Å². The van der Waals surface area contributed by atoms with E-state index in [9.17, 15) is 13.2 Å². The van der Waals surface area contributed by atoms with Crippen LogP contribution in [-0.4, -0.2) is 25.2 Å². The molecule has 2 aromatic carbocycles. The maximum absolute atomic E-state index is 12.3. The molecule has 0 atom stereocenters. The first-order valence-corrected chi connectivity index (χ1v) is 8.81. The summed E-state index contributed by atoms with van der Waals surface area (Å²) in [5.41, 5.74) is 1.92. The third-order valence-corrected chi connectivity index (χ3v) is 3.66. The average Bonchev–Trinajstić information content (AvgIpc) is 2.65. The zero-order valence-electron chi connectivity index (χ0n) is 15.2. The molecule has 2 aromatic rings. The van der Waals surface area contributed by atoms with Crippen LogP contribution >= 0.6 is 0 Å². The molecule has 146 valence electrons. The number of hydrogen-bond donors (Lipinski definition) is 2. The lowest BCUT2D eigenvalue weighted by Crippen LogP contribution is -2.38. The molecule has 0 fully saturated rings. The van der Waals surface area contributed by atoms with E-state index in [0.717, 1.165) is 11.1 Å². The maximum Gasteiger partial charge on any atom is 0.390 e. The fourth-order valence-electron chi connectivity index (χ4n) is 2.34. The Balaban J connectivity index is 1.98. The monoisotopic (exact) mass is 379 g/mol. The van der Waals surface area contributed by atoms with E-state index < -0.39 is 12.6 Å². The van der Waals surface area contributed by atoms with Gasteiger partial charge in [0.1, 0.15) is 12.4 Å². The Bertz CT molecular complexity index is 718. The minimum atomic E-state index is -4.19. The van der Waals surface area contributed by atoms with E-state index >= 15 is 0 Å². The number of rotatable bonds is 8. The zero-order valence-corrected chi connectivity index (χ0v) is 15.2. The molecule has 2 N–H and O–H groups in total. The molecule has 0 aliphatic carbocycles. The van der Waals surface area contributed by atoms with Crippen LogP contribution in [0.4, 0.5) is 13.2 Å². The number of para-hydroxylation sites is 1. The third-order valence-electron chi connectivity index (χ3n) is 3.66. The van der Waals surface area contributed by atoms with E-state index in [1.165, 1.54) is 0 Å². The van der Waals surface area contributed by atoms with Gasteiger partial charge in [0.2, 0.25) is 0 Å². The van der Waals surface area contributed by atoms with Gasteiger partial charge in [0.25, 0.3) is 0 Å². The van der Waals surface area contributed by atoms with Crippen LogP contribution in [0.5, 0.6) is 5.75 Å². The lowest BCUT2D eigenvalue weighted by atomic mass is 10.2. The Kier molecular flexibility index (Phi) is 7.98. The van der Waals surface area contributed by atoms with E-state index in [1.54, 1.807) is 0 Å². The van der Waals surface area contributed by atoms with Gasteiger partial charge < -0.3 is 15.4 Å². The van der Waals surface area contributed by atoms with Gasteiger partial charge in [-0.05, 0) is 18.6 Å². The summed E-state index contributed by atoms with van der Waals surface area (Å²) in [4.78, 5) is 4.37. The molecule has 27 heavy (non-hydrogen) atoms. The molecule has 0 heterocycles. The van der Waals surface area contributed by atoms with E-state index in [2.05, 4.69) is 15.6 Å². The van der Waals surface area contributed by atoms with Crippen molar-refractivity contribution in [2.45, 2.75) is 32.7 Å². The minimum absolute atomic E-state index is 0.221. The van der Waals surface area contributed by atoms with Crippen molar-refractivity contribution in [3.63, 3.8) is 0 Å². The second-order valence-corrected chi connectivity index (χ2v) is 5.87. The Morgan fingerprint density at radius 1 is 1.00 bits per heavy atom. The molecule has 0 aliphatic heterocycles. The standard InChI is InChI=1S/C20H24F3N3O/c1-2-24-19(25-13-12-20(21,22)23)26-14-17-10-6-7-11-18(17)27-15-16-8-4-3-5-9-16/h3-11H,2,12-15H2,1H3,(H2,24,25,26). The number of benzene rings is 2.